The molecule has 15 heavy (non-hydrogen) atoms. The fraction of sp³-hybridized carbons (Fsp3) is 0.222. The van der Waals surface area contributed by atoms with Crippen molar-refractivity contribution in [3.63, 3.8) is 0 Å². The van der Waals surface area contributed by atoms with Gasteiger partial charge in [0.05, 0.1) is 0 Å². The Labute approximate surface area is 91.1 Å². The first-order valence-corrected chi connectivity index (χ1v) is 4.53. The van der Waals surface area contributed by atoms with Crippen LogP contribution in [0, 0.1) is 0 Å². The van der Waals surface area contributed by atoms with Crippen LogP contribution in [-0.4, -0.2) is 28.0 Å². The maximum absolute atomic E-state index is 11.5. The first-order valence-electron chi connectivity index (χ1n) is 4.16. The second-order valence-electron chi connectivity index (χ2n) is 2.90. The van der Waals surface area contributed by atoms with Gasteiger partial charge in [0.25, 0.3) is 5.91 Å². The van der Waals surface area contributed by atoms with Crippen molar-refractivity contribution in [1.29, 1.82) is 0 Å². The molecule has 5 nitrogen and oxygen atoms in total. The number of halogens is 1. The lowest BCUT2D eigenvalue weighted by Gasteiger charge is -2.08. The number of nitrogens with one attached hydrogen (secondary N) is 1. The SMILES string of the molecule is CC(NC(=O)c1ccnc(Cl)c1)C(=O)O. The topological polar surface area (TPSA) is 79.3 Å². The van der Waals surface area contributed by atoms with Gasteiger partial charge in [0.15, 0.2) is 0 Å². The number of aromatic nitrogens is 1. The van der Waals surface area contributed by atoms with Gasteiger partial charge in [-0.05, 0) is 19.1 Å². The third kappa shape index (κ3) is 3.21. The average Bonchev–Trinajstić information content (AvgIpc) is 2.17. The largest absolute Gasteiger partial charge is 0.480 e. The van der Waals surface area contributed by atoms with E-state index >= 15 is 0 Å². The van der Waals surface area contributed by atoms with Crippen molar-refractivity contribution in [1.82, 2.24) is 10.3 Å². The summed E-state index contributed by atoms with van der Waals surface area (Å²) in [6.07, 6.45) is 1.38. The van der Waals surface area contributed by atoms with Crippen molar-refractivity contribution < 1.29 is 14.7 Å². The molecule has 1 heterocycles. The molecule has 0 saturated heterocycles. The number of hydrogen-bond donors (Lipinski definition) is 2. The van der Waals surface area contributed by atoms with Gasteiger partial charge in [-0.2, -0.15) is 0 Å². The lowest BCUT2D eigenvalue weighted by Crippen LogP contribution is -2.38. The number of rotatable bonds is 3. The van der Waals surface area contributed by atoms with Gasteiger partial charge in [-0.25, -0.2) is 4.98 Å². The standard InChI is InChI=1S/C9H9ClN2O3/c1-5(9(14)15)12-8(13)6-2-3-11-7(10)4-6/h2-5H,1H3,(H,12,13)(H,14,15). The number of carboxylic acids is 1. The molecule has 1 atom stereocenters. The average molecular weight is 229 g/mol. The van der Waals surface area contributed by atoms with Gasteiger partial charge < -0.3 is 10.4 Å². The van der Waals surface area contributed by atoms with Crippen LogP contribution in [0.4, 0.5) is 0 Å². The second-order valence-corrected chi connectivity index (χ2v) is 3.29. The number of carbonyl (C=O) groups is 2. The van der Waals surface area contributed by atoms with Crippen LogP contribution < -0.4 is 5.32 Å². The number of nitrogens with zero attached hydrogens (tertiary/aromatic N) is 1. The molecule has 0 bridgehead atoms. The summed E-state index contributed by atoms with van der Waals surface area (Å²) in [5.41, 5.74) is 0.281. The molecule has 1 rings (SSSR count). The molecule has 2 N–H and O–H groups in total. The van der Waals surface area contributed by atoms with Crippen LogP contribution in [-0.2, 0) is 4.79 Å². The Morgan fingerprint density at radius 3 is 2.80 bits per heavy atom. The molecule has 0 aliphatic carbocycles. The van der Waals surface area contributed by atoms with E-state index in [9.17, 15) is 9.59 Å². The Balaban J connectivity index is 2.73. The molecule has 0 radical (unpaired) electrons. The van der Waals surface area contributed by atoms with E-state index in [1.165, 1.54) is 25.3 Å². The van der Waals surface area contributed by atoms with Crippen LogP contribution in [0.3, 0.4) is 0 Å². The second kappa shape index (κ2) is 4.75. The van der Waals surface area contributed by atoms with E-state index in [4.69, 9.17) is 16.7 Å². The van der Waals surface area contributed by atoms with Gasteiger partial charge in [-0.3, -0.25) is 9.59 Å². The highest BCUT2D eigenvalue weighted by atomic mass is 35.5. The molecule has 1 unspecified atom stereocenters. The minimum absolute atomic E-state index is 0.186. The normalized spacial score (nSPS) is 11.9. The van der Waals surface area contributed by atoms with Gasteiger partial charge in [0.2, 0.25) is 0 Å². The predicted octanol–water partition coefficient (Wildman–Crippen LogP) is 0.938. The van der Waals surface area contributed by atoms with Crippen molar-refractivity contribution in [2.24, 2.45) is 0 Å². The van der Waals surface area contributed by atoms with Crippen molar-refractivity contribution in [3.05, 3.63) is 29.0 Å². The number of amides is 1. The first kappa shape index (κ1) is 11.5. The molecule has 1 aromatic heterocycles. The molecule has 0 fully saturated rings. The zero-order chi connectivity index (χ0) is 11.4. The zero-order valence-corrected chi connectivity index (χ0v) is 8.65. The lowest BCUT2D eigenvalue weighted by molar-refractivity contribution is -0.138. The van der Waals surface area contributed by atoms with Crippen molar-refractivity contribution in [3.8, 4) is 0 Å². The van der Waals surface area contributed by atoms with Crippen molar-refractivity contribution >= 4 is 23.5 Å². The van der Waals surface area contributed by atoms with Crippen LogP contribution in [0.5, 0.6) is 0 Å². The molecular formula is C9H9ClN2O3. The number of hydrogen-bond acceptors (Lipinski definition) is 3. The van der Waals surface area contributed by atoms with E-state index in [1.54, 1.807) is 0 Å². The summed E-state index contributed by atoms with van der Waals surface area (Å²) in [6.45, 7) is 1.38. The fourth-order valence-electron chi connectivity index (χ4n) is 0.885. The van der Waals surface area contributed by atoms with Gasteiger partial charge in [0.1, 0.15) is 11.2 Å². The van der Waals surface area contributed by atoms with E-state index in [1.807, 2.05) is 0 Å². The van der Waals surface area contributed by atoms with Crippen molar-refractivity contribution in [2.75, 3.05) is 0 Å². The van der Waals surface area contributed by atoms with E-state index in [0.29, 0.717) is 0 Å². The molecular weight excluding hydrogens is 220 g/mol. The minimum Gasteiger partial charge on any atom is -0.480 e. The van der Waals surface area contributed by atoms with Crippen molar-refractivity contribution in [2.45, 2.75) is 13.0 Å². The summed E-state index contributed by atoms with van der Waals surface area (Å²) in [7, 11) is 0. The molecule has 0 aliphatic rings. The maximum atomic E-state index is 11.5. The molecule has 0 aliphatic heterocycles. The van der Waals surface area contributed by atoms with E-state index in [0.717, 1.165) is 0 Å². The summed E-state index contributed by atoms with van der Waals surface area (Å²) in [5, 5.41) is 11.1. The van der Waals surface area contributed by atoms with Crippen LogP contribution in [0.25, 0.3) is 0 Å². The summed E-state index contributed by atoms with van der Waals surface area (Å²) in [6, 6.07) is 1.88. The Morgan fingerprint density at radius 2 is 2.27 bits per heavy atom. The fourth-order valence-corrected chi connectivity index (χ4v) is 1.06. The highest BCUT2D eigenvalue weighted by Gasteiger charge is 2.15. The highest BCUT2D eigenvalue weighted by molar-refractivity contribution is 6.29. The van der Waals surface area contributed by atoms with Crippen LogP contribution in [0.15, 0.2) is 18.3 Å². The number of pyridine rings is 1. The van der Waals surface area contributed by atoms with Crippen LogP contribution in [0.2, 0.25) is 5.15 Å². The van der Waals surface area contributed by atoms with E-state index in [2.05, 4.69) is 10.3 Å². The van der Waals surface area contributed by atoms with Gasteiger partial charge in [-0.15, -0.1) is 0 Å². The summed E-state index contributed by atoms with van der Waals surface area (Å²) >= 11 is 5.58. The van der Waals surface area contributed by atoms with Crippen LogP contribution >= 0.6 is 11.6 Å². The smallest absolute Gasteiger partial charge is 0.325 e. The Bertz CT molecular complexity index is 395. The quantitative estimate of drug-likeness (QED) is 0.755. The molecule has 0 saturated carbocycles. The first-order chi connectivity index (χ1) is 7.00. The summed E-state index contributed by atoms with van der Waals surface area (Å²) in [5.74, 6) is -1.59. The summed E-state index contributed by atoms with van der Waals surface area (Å²) in [4.78, 5) is 25.6. The molecule has 1 amide bonds. The van der Waals surface area contributed by atoms with E-state index in [-0.39, 0.29) is 10.7 Å². The number of aliphatic carboxylic acids is 1. The van der Waals surface area contributed by atoms with Gasteiger partial charge in [0, 0.05) is 11.8 Å². The highest BCUT2D eigenvalue weighted by Crippen LogP contribution is 2.06. The van der Waals surface area contributed by atoms with Gasteiger partial charge >= 0.3 is 5.97 Å². The number of carbonyl (C=O) groups excluding carboxylic acids is 1. The number of carboxylic acid groups (broad SMARTS) is 1. The Morgan fingerprint density at radius 1 is 1.60 bits per heavy atom. The molecule has 1 aromatic rings. The molecule has 80 valence electrons. The summed E-state index contributed by atoms with van der Waals surface area (Å²) < 4.78 is 0. The Hall–Kier alpha value is -1.62. The third-order valence-corrected chi connectivity index (χ3v) is 1.91. The predicted molar refractivity (Wildman–Crippen MR) is 53.8 cm³/mol. The molecule has 0 aromatic carbocycles. The maximum Gasteiger partial charge on any atom is 0.325 e. The monoisotopic (exact) mass is 228 g/mol. The molecule has 6 heteroatoms. The van der Waals surface area contributed by atoms with Crippen LogP contribution in [0.1, 0.15) is 17.3 Å². The van der Waals surface area contributed by atoms with E-state index < -0.39 is 17.9 Å². The third-order valence-electron chi connectivity index (χ3n) is 1.71. The zero-order valence-electron chi connectivity index (χ0n) is 7.90. The van der Waals surface area contributed by atoms with Gasteiger partial charge in [-0.1, -0.05) is 11.6 Å². The molecule has 0 spiro atoms. The Kier molecular flexibility index (Phi) is 3.62. The lowest BCUT2D eigenvalue weighted by atomic mass is 10.2. The minimum atomic E-state index is -1.09.